The van der Waals surface area contributed by atoms with Gasteiger partial charge < -0.3 is 9.47 Å². The summed E-state index contributed by atoms with van der Waals surface area (Å²) in [5.41, 5.74) is 3.23. The smallest absolute Gasteiger partial charge is 0.335 e. The van der Waals surface area contributed by atoms with E-state index in [4.69, 9.17) is 9.47 Å². The van der Waals surface area contributed by atoms with Crippen LogP contribution >= 0.6 is 0 Å². The van der Waals surface area contributed by atoms with Gasteiger partial charge in [-0.05, 0) is 54.8 Å². The first-order chi connectivity index (χ1) is 13.9. The monoisotopic (exact) mass is 393 g/mol. The molecule has 8 nitrogen and oxygen atoms in total. The van der Waals surface area contributed by atoms with E-state index >= 15 is 0 Å². The Labute approximate surface area is 167 Å². The Morgan fingerprint density at radius 1 is 1.07 bits per heavy atom. The van der Waals surface area contributed by atoms with Crippen molar-refractivity contribution in [3.8, 4) is 11.5 Å². The number of fused-ring (bicyclic) bond motifs is 1. The molecule has 4 amide bonds. The van der Waals surface area contributed by atoms with Gasteiger partial charge in [0.1, 0.15) is 0 Å². The van der Waals surface area contributed by atoms with Crippen LogP contribution in [0.1, 0.15) is 16.7 Å². The topological polar surface area (TPSA) is 97.3 Å². The highest BCUT2D eigenvalue weighted by Crippen LogP contribution is 2.32. The van der Waals surface area contributed by atoms with E-state index in [9.17, 15) is 14.4 Å². The molecule has 4 rings (SSSR count). The molecule has 8 heteroatoms. The van der Waals surface area contributed by atoms with Gasteiger partial charge in [-0.1, -0.05) is 12.1 Å². The highest BCUT2D eigenvalue weighted by molar-refractivity contribution is 6.32. The summed E-state index contributed by atoms with van der Waals surface area (Å²) in [6, 6.07) is 9.89. The third-order valence-corrected chi connectivity index (χ3v) is 4.92. The zero-order valence-electron chi connectivity index (χ0n) is 16.0. The molecule has 0 unspecified atom stereocenters. The molecule has 0 aromatic heterocycles. The Bertz CT molecular complexity index is 1050. The van der Waals surface area contributed by atoms with Crippen molar-refractivity contribution >= 4 is 29.7 Å². The van der Waals surface area contributed by atoms with Gasteiger partial charge in [-0.2, -0.15) is 0 Å². The minimum Gasteiger partial charge on any atom is -0.454 e. The second kappa shape index (κ2) is 7.38. The third kappa shape index (κ3) is 3.56. The van der Waals surface area contributed by atoms with Gasteiger partial charge in [-0.3, -0.25) is 19.9 Å². The molecule has 29 heavy (non-hydrogen) atoms. The number of urea groups is 1. The second-order valence-corrected chi connectivity index (χ2v) is 6.89. The number of benzene rings is 2. The lowest BCUT2D eigenvalue weighted by Crippen LogP contribution is -2.58. The fraction of sp³-hybridized carbons (Fsp3) is 0.238. The molecule has 2 aromatic carbocycles. The molecule has 2 aliphatic heterocycles. The number of nitrogens with one attached hydrogen (secondary N) is 1. The van der Waals surface area contributed by atoms with Crippen LogP contribution in [0.4, 0.5) is 10.5 Å². The number of rotatable bonds is 4. The minimum atomic E-state index is -1.18. The highest BCUT2D eigenvalue weighted by Gasteiger charge is 2.40. The van der Waals surface area contributed by atoms with Crippen molar-refractivity contribution in [3.63, 3.8) is 0 Å². The molecule has 0 aliphatic carbocycles. The Balaban J connectivity index is 1.52. The summed E-state index contributed by atoms with van der Waals surface area (Å²) < 4.78 is 10.6. The van der Waals surface area contributed by atoms with Gasteiger partial charge in [-0.15, -0.1) is 0 Å². The number of aryl methyl sites for hydroxylation is 2. The number of carbonyl (C=O) groups is 3. The SMILES string of the molecule is Cc1ccc(N2C(=O)NC(=O)[C@@H](C=NCc3ccc4c(c3)OCO4)C2=O)cc1C. The normalized spacial score (nSPS) is 18.5. The molecule has 0 saturated carbocycles. The van der Waals surface area contributed by atoms with E-state index in [1.165, 1.54) is 6.21 Å². The fourth-order valence-corrected chi connectivity index (χ4v) is 3.13. The van der Waals surface area contributed by atoms with Gasteiger partial charge in [-0.25, -0.2) is 9.69 Å². The Morgan fingerprint density at radius 2 is 1.86 bits per heavy atom. The first kappa shape index (κ1) is 18.7. The Hall–Kier alpha value is -3.68. The number of barbiturate groups is 1. The summed E-state index contributed by atoms with van der Waals surface area (Å²) in [5, 5.41) is 2.22. The molecular formula is C21H19N3O5. The van der Waals surface area contributed by atoms with Crippen molar-refractivity contribution in [3.05, 3.63) is 53.1 Å². The fourth-order valence-electron chi connectivity index (χ4n) is 3.13. The average molecular weight is 393 g/mol. The molecule has 2 aliphatic rings. The zero-order valence-corrected chi connectivity index (χ0v) is 16.0. The highest BCUT2D eigenvalue weighted by atomic mass is 16.7. The van der Waals surface area contributed by atoms with E-state index in [-0.39, 0.29) is 13.3 Å². The molecule has 0 radical (unpaired) electrons. The maximum absolute atomic E-state index is 12.9. The van der Waals surface area contributed by atoms with Crippen LogP contribution in [-0.4, -0.2) is 30.9 Å². The van der Waals surface area contributed by atoms with Gasteiger partial charge >= 0.3 is 6.03 Å². The number of anilines is 1. The number of ether oxygens (including phenoxy) is 2. The molecular weight excluding hydrogens is 374 g/mol. The van der Waals surface area contributed by atoms with Crippen LogP contribution in [0.5, 0.6) is 11.5 Å². The van der Waals surface area contributed by atoms with Crippen LogP contribution in [0.3, 0.4) is 0 Å². The molecule has 2 heterocycles. The van der Waals surface area contributed by atoms with Crippen LogP contribution in [0, 0.1) is 19.8 Å². The lowest BCUT2D eigenvalue weighted by Gasteiger charge is -2.28. The number of imide groups is 2. The van der Waals surface area contributed by atoms with Gasteiger partial charge in [0, 0.05) is 6.21 Å². The minimum absolute atomic E-state index is 0.182. The molecule has 148 valence electrons. The Morgan fingerprint density at radius 3 is 2.66 bits per heavy atom. The summed E-state index contributed by atoms with van der Waals surface area (Å²) in [6.07, 6.45) is 1.28. The predicted molar refractivity (Wildman–Crippen MR) is 105 cm³/mol. The van der Waals surface area contributed by atoms with E-state index in [0.29, 0.717) is 17.2 Å². The van der Waals surface area contributed by atoms with Crippen LogP contribution in [0.2, 0.25) is 0 Å². The number of carbonyl (C=O) groups excluding carboxylic acids is 3. The maximum Gasteiger partial charge on any atom is 0.335 e. The first-order valence-corrected chi connectivity index (χ1v) is 9.08. The summed E-state index contributed by atoms with van der Waals surface area (Å²) in [5.74, 6) is -1.19. The zero-order chi connectivity index (χ0) is 20.5. The van der Waals surface area contributed by atoms with Crippen LogP contribution < -0.4 is 19.7 Å². The second-order valence-electron chi connectivity index (χ2n) is 6.89. The molecule has 2 aromatic rings. The van der Waals surface area contributed by atoms with Crippen molar-refractivity contribution in [2.24, 2.45) is 10.9 Å². The maximum atomic E-state index is 12.9. The van der Waals surface area contributed by atoms with Crippen LogP contribution in [0.25, 0.3) is 0 Å². The van der Waals surface area contributed by atoms with Crippen molar-refractivity contribution in [2.45, 2.75) is 20.4 Å². The van der Waals surface area contributed by atoms with Crippen molar-refractivity contribution in [1.82, 2.24) is 5.32 Å². The van der Waals surface area contributed by atoms with E-state index in [1.807, 2.05) is 26.0 Å². The van der Waals surface area contributed by atoms with E-state index in [0.717, 1.165) is 21.6 Å². The van der Waals surface area contributed by atoms with E-state index < -0.39 is 23.8 Å². The summed E-state index contributed by atoms with van der Waals surface area (Å²) in [7, 11) is 0. The van der Waals surface area contributed by atoms with E-state index in [1.54, 1.807) is 24.3 Å². The van der Waals surface area contributed by atoms with E-state index in [2.05, 4.69) is 10.3 Å². The number of nitrogens with zero attached hydrogens (tertiary/aromatic N) is 2. The van der Waals surface area contributed by atoms with Crippen molar-refractivity contribution < 1.29 is 23.9 Å². The molecule has 0 spiro atoms. The first-order valence-electron chi connectivity index (χ1n) is 9.08. The number of amides is 4. The predicted octanol–water partition coefficient (Wildman–Crippen LogP) is 2.50. The number of hydrogen-bond donors (Lipinski definition) is 1. The molecule has 1 fully saturated rings. The van der Waals surface area contributed by atoms with Crippen LogP contribution in [-0.2, 0) is 16.1 Å². The van der Waals surface area contributed by atoms with Gasteiger partial charge in [0.2, 0.25) is 12.7 Å². The third-order valence-electron chi connectivity index (χ3n) is 4.92. The largest absolute Gasteiger partial charge is 0.454 e. The Kier molecular flexibility index (Phi) is 4.75. The van der Waals surface area contributed by atoms with Crippen molar-refractivity contribution in [2.75, 3.05) is 11.7 Å². The molecule has 1 saturated heterocycles. The summed E-state index contributed by atoms with van der Waals surface area (Å²) in [4.78, 5) is 42.5. The van der Waals surface area contributed by atoms with Crippen LogP contribution in [0.15, 0.2) is 41.4 Å². The lowest BCUT2D eigenvalue weighted by molar-refractivity contribution is -0.131. The van der Waals surface area contributed by atoms with Gasteiger partial charge in [0.25, 0.3) is 5.91 Å². The molecule has 1 N–H and O–H groups in total. The average Bonchev–Trinajstić information content (AvgIpc) is 3.15. The summed E-state index contributed by atoms with van der Waals surface area (Å²) >= 11 is 0. The van der Waals surface area contributed by atoms with Gasteiger partial charge in [0.05, 0.1) is 12.2 Å². The standard InChI is InChI=1S/C21H19N3O5/c1-12-3-5-15(7-13(12)2)24-20(26)16(19(25)23-21(24)27)10-22-9-14-4-6-17-18(8-14)29-11-28-17/h3-8,10,16H,9,11H2,1-2H3,(H,23,25,27)/t16-/m1/s1. The molecule has 0 bridgehead atoms. The van der Waals surface area contributed by atoms with Crippen molar-refractivity contribution in [1.29, 1.82) is 0 Å². The number of hydrogen-bond acceptors (Lipinski definition) is 6. The lowest BCUT2D eigenvalue weighted by atomic mass is 10.0. The molecule has 1 atom stereocenters. The van der Waals surface area contributed by atoms with Gasteiger partial charge in [0.15, 0.2) is 17.4 Å². The summed E-state index contributed by atoms with van der Waals surface area (Å²) in [6.45, 7) is 4.26. The quantitative estimate of drug-likeness (QED) is 0.636. The number of aliphatic imine (C=N–C) groups is 1.